The molecule has 3 rings (SSSR count). The fourth-order valence-corrected chi connectivity index (χ4v) is 1.97. The van der Waals surface area contributed by atoms with Crippen molar-refractivity contribution >= 4 is 22.6 Å². The van der Waals surface area contributed by atoms with E-state index in [1.54, 1.807) is 30.3 Å². The maximum Gasteiger partial charge on any atom is 0.291 e. The third-order valence-electron chi connectivity index (χ3n) is 2.94. The van der Waals surface area contributed by atoms with Gasteiger partial charge in [-0.2, -0.15) is 0 Å². The molecule has 0 aliphatic heterocycles. The van der Waals surface area contributed by atoms with Crippen molar-refractivity contribution < 1.29 is 9.21 Å². The highest BCUT2D eigenvalue weighted by Crippen LogP contribution is 2.20. The molecule has 1 heterocycles. The molecule has 0 saturated carbocycles. The Morgan fingerprint density at radius 3 is 2.75 bits per heavy atom. The fraction of sp³-hybridized carbons (Fsp3) is 0. The number of hydrogen-bond acceptors (Lipinski definition) is 2. The second-order valence-corrected chi connectivity index (χ2v) is 4.33. The van der Waals surface area contributed by atoms with E-state index in [0.717, 1.165) is 5.39 Å². The molecule has 1 N–H and O–H groups in total. The van der Waals surface area contributed by atoms with Crippen molar-refractivity contribution in [2.45, 2.75) is 0 Å². The van der Waals surface area contributed by atoms with E-state index in [1.165, 1.54) is 0 Å². The number of nitrogens with one attached hydrogen (secondary N) is 1. The molecule has 0 atom stereocenters. The number of carbonyl (C=O) groups is 1. The Bertz CT molecular complexity index is 791. The summed E-state index contributed by atoms with van der Waals surface area (Å²) in [5, 5.41) is 3.66. The van der Waals surface area contributed by atoms with Gasteiger partial charge in [0.1, 0.15) is 5.58 Å². The first-order valence-electron chi connectivity index (χ1n) is 6.13. The summed E-state index contributed by atoms with van der Waals surface area (Å²) in [6, 6.07) is 16.3. The molecule has 0 spiro atoms. The van der Waals surface area contributed by atoms with Crippen LogP contribution in [-0.4, -0.2) is 5.91 Å². The Kier molecular flexibility index (Phi) is 2.98. The Morgan fingerprint density at radius 2 is 1.95 bits per heavy atom. The van der Waals surface area contributed by atoms with Crippen LogP contribution in [0.5, 0.6) is 0 Å². The van der Waals surface area contributed by atoms with Crippen molar-refractivity contribution in [3.05, 3.63) is 65.9 Å². The van der Waals surface area contributed by atoms with Gasteiger partial charge in [-0.15, -0.1) is 6.42 Å². The van der Waals surface area contributed by atoms with E-state index in [9.17, 15) is 4.79 Å². The van der Waals surface area contributed by atoms with Crippen LogP contribution in [0, 0.1) is 12.3 Å². The molecule has 20 heavy (non-hydrogen) atoms. The number of carbonyl (C=O) groups excluding carboxylic acids is 1. The van der Waals surface area contributed by atoms with Crippen molar-refractivity contribution in [2.75, 3.05) is 5.32 Å². The summed E-state index contributed by atoms with van der Waals surface area (Å²) in [5.74, 6) is 2.51. The van der Waals surface area contributed by atoms with Crippen LogP contribution in [0.1, 0.15) is 16.1 Å². The zero-order valence-corrected chi connectivity index (χ0v) is 10.6. The van der Waals surface area contributed by atoms with Crippen LogP contribution >= 0.6 is 0 Å². The van der Waals surface area contributed by atoms with Crippen LogP contribution in [0.4, 0.5) is 5.69 Å². The summed E-state index contributed by atoms with van der Waals surface area (Å²) in [7, 11) is 0. The van der Waals surface area contributed by atoms with Gasteiger partial charge in [0.2, 0.25) is 0 Å². The Labute approximate surface area is 116 Å². The quantitative estimate of drug-likeness (QED) is 0.715. The van der Waals surface area contributed by atoms with Crippen LogP contribution in [0.3, 0.4) is 0 Å². The lowest BCUT2D eigenvalue weighted by molar-refractivity contribution is 0.0998. The molecular weight excluding hydrogens is 250 g/mol. The number of hydrogen-bond donors (Lipinski definition) is 1. The molecule has 3 aromatic rings. The topological polar surface area (TPSA) is 42.2 Å². The van der Waals surface area contributed by atoms with E-state index in [4.69, 9.17) is 10.8 Å². The molecule has 96 valence electrons. The minimum atomic E-state index is -0.296. The highest BCUT2D eigenvalue weighted by Gasteiger charge is 2.12. The fourth-order valence-electron chi connectivity index (χ4n) is 1.97. The normalized spacial score (nSPS) is 10.2. The number of fused-ring (bicyclic) bond motifs is 1. The van der Waals surface area contributed by atoms with Gasteiger partial charge in [-0.1, -0.05) is 30.2 Å². The average molecular weight is 261 g/mol. The van der Waals surface area contributed by atoms with Crippen molar-refractivity contribution in [3.63, 3.8) is 0 Å². The molecule has 2 aromatic carbocycles. The molecule has 0 unspecified atom stereocenters. The number of terminal acetylenes is 1. The maximum absolute atomic E-state index is 12.1. The zero-order chi connectivity index (χ0) is 13.9. The summed E-state index contributed by atoms with van der Waals surface area (Å²) in [4.78, 5) is 12.1. The SMILES string of the molecule is C#Cc1cccc(NC(=O)c2cc3ccccc3o2)c1. The summed E-state index contributed by atoms with van der Waals surface area (Å²) < 4.78 is 5.51. The molecule has 0 aliphatic rings. The monoisotopic (exact) mass is 261 g/mol. The lowest BCUT2D eigenvalue weighted by Gasteiger charge is -2.03. The summed E-state index contributed by atoms with van der Waals surface area (Å²) in [6.45, 7) is 0. The van der Waals surface area contributed by atoms with Crippen LogP contribution in [0.2, 0.25) is 0 Å². The smallest absolute Gasteiger partial charge is 0.291 e. The Morgan fingerprint density at radius 1 is 1.10 bits per heavy atom. The van der Waals surface area contributed by atoms with Crippen LogP contribution in [0.25, 0.3) is 11.0 Å². The molecule has 1 amide bonds. The number of furan rings is 1. The van der Waals surface area contributed by atoms with E-state index in [2.05, 4.69) is 11.2 Å². The minimum absolute atomic E-state index is 0.275. The Hall–Kier alpha value is -2.99. The van der Waals surface area contributed by atoms with Gasteiger partial charge in [-0.05, 0) is 30.3 Å². The predicted molar refractivity (Wildman–Crippen MR) is 78.5 cm³/mol. The van der Waals surface area contributed by atoms with Gasteiger partial charge in [0, 0.05) is 16.6 Å². The first-order valence-corrected chi connectivity index (χ1v) is 6.13. The lowest BCUT2D eigenvalue weighted by Crippen LogP contribution is -2.10. The van der Waals surface area contributed by atoms with Crippen molar-refractivity contribution in [3.8, 4) is 12.3 Å². The van der Waals surface area contributed by atoms with Crippen LogP contribution in [0.15, 0.2) is 59.0 Å². The van der Waals surface area contributed by atoms with E-state index in [0.29, 0.717) is 16.8 Å². The molecular formula is C17H11NO2. The second-order valence-electron chi connectivity index (χ2n) is 4.33. The lowest BCUT2D eigenvalue weighted by atomic mass is 10.2. The van der Waals surface area contributed by atoms with E-state index in [1.807, 2.05) is 24.3 Å². The number of rotatable bonds is 2. The first-order chi connectivity index (χ1) is 9.76. The van der Waals surface area contributed by atoms with Crippen LogP contribution in [-0.2, 0) is 0 Å². The largest absolute Gasteiger partial charge is 0.451 e. The van der Waals surface area contributed by atoms with Crippen molar-refractivity contribution in [1.29, 1.82) is 0 Å². The van der Waals surface area contributed by atoms with Gasteiger partial charge >= 0.3 is 0 Å². The molecule has 0 bridgehead atoms. The van der Waals surface area contributed by atoms with Gasteiger partial charge in [-0.3, -0.25) is 4.79 Å². The highest BCUT2D eigenvalue weighted by atomic mass is 16.3. The zero-order valence-electron chi connectivity index (χ0n) is 10.6. The van der Waals surface area contributed by atoms with E-state index >= 15 is 0 Å². The minimum Gasteiger partial charge on any atom is -0.451 e. The molecule has 0 fully saturated rings. The maximum atomic E-state index is 12.1. The standard InChI is InChI=1S/C17H11NO2/c1-2-12-6-5-8-14(10-12)18-17(19)16-11-13-7-3-4-9-15(13)20-16/h1,3-11H,(H,18,19). The molecule has 3 heteroatoms. The summed E-state index contributed by atoms with van der Waals surface area (Å²) in [5.41, 5.74) is 2.05. The van der Waals surface area contributed by atoms with Gasteiger partial charge in [0.25, 0.3) is 5.91 Å². The number of anilines is 1. The van der Waals surface area contributed by atoms with Crippen molar-refractivity contribution in [2.24, 2.45) is 0 Å². The van der Waals surface area contributed by atoms with Gasteiger partial charge in [0.15, 0.2) is 5.76 Å². The van der Waals surface area contributed by atoms with E-state index in [-0.39, 0.29) is 11.7 Å². The number of para-hydroxylation sites is 1. The van der Waals surface area contributed by atoms with Gasteiger partial charge in [-0.25, -0.2) is 0 Å². The molecule has 0 radical (unpaired) electrons. The van der Waals surface area contributed by atoms with Gasteiger partial charge < -0.3 is 9.73 Å². The van der Waals surface area contributed by atoms with Gasteiger partial charge in [0.05, 0.1) is 0 Å². The predicted octanol–water partition coefficient (Wildman–Crippen LogP) is 3.67. The molecule has 1 aromatic heterocycles. The van der Waals surface area contributed by atoms with E-state index < -0.39 is 0 Å². The third-order valence-corrected chi connectivity index (χ3v) is 2.94. The van der Waals surface area contributed by atoms with Crippen LogP contribution < -0.4 is 5.32 Å². The average Bonchev–Trinajstić information content (AvgIpc) is 2.91. The molecule has 0 aliphatic carbocycles. The summed E-state index contributed by atoms with van der Waals surface area (Å²) in [6.07, 6.45) is 5.33. The van der Waals surface area contributed by atoms with Crippen molar-refractivity contribution in [1.82, 2.24) is 0 Å². The first kappa shape index (κ1) is 12.1. The third kappa shape index (κ3) is 2.27. The molecule has 0 saturated heterocycles. The highest BCUT2D eigenvalue weighted by molar-refractivity contribution is 6.04. The Balaban J connectivity index is 1.87. The number of benzene rings is 2. The summed E-state index contributed by atoms with van der Waals surface area (Å²) >= 11 is 0. The second kappa shape index (κ2) is 4.94. The number of amides is 1. The molecule has 3 nitrogen and oxygen atoms in total.